The second-order valence-corrected chi connectivity index (χ2v) is 8.50. The maximum absolute atomic E-state index is 12.5. The van der Waals surface area contributed by atoms with E-state index in [4.69, 9.17) is 16.3 Å². The van der Waals surface area contributed by atoms with Crippen molar-refractivity contribution < 1.29 is 9.53 Å². The number of ether oxygens (including phenoxy) is 1. The Balaban J connectivity index is 1.54. The normalized spacial score (nSPS) is 21.7. The number of methoxy groups -OCH3 is 1. The molecule has 1 saturated heterocycles. The number of hydrogen-bond donors (Lipinski definition) is 2. The largest absolute Gasteiger partial charge is 0.495 e. The monoisotopic (exact) mass is 387 g/mol. The van der Waals surface area contributed by atoms with Crippen LogP contribution < -0.4 is 15.4 Å². The molecule has 2 amide bonds. The molecule has 0 spiro atoms. The van der Waals surface area contributed by atoms with E-state index in [0.717, 1.165) is 68.0 Å². The Morgan fingerprint density at radius 2 is 1.96 bits per heavy atom. The Morgan fingerprint density at radius 3 is 2.56 bits per heavy atom. The van der Waals surface area contributed by atoms with Crippen LogP contribution >= 0.6 is 11.6 Å². The molecule has 0 bridgehead atoms. The third-order valence-electron chi connectivity index (χ3n) is 5.88. The van der Waals surface area contributed by atoms with Gasteiger partial charge in [-0.25, -0.2) is 4.79 Å². The maximum atomic E-state index is 12.5. The van der Waals surface area contributed by atoms with Crippen LogP contribution in [0.15, 0.2) is 12.1 Å². The van der Waals surface area contributed by atoms with Crippen molar-refractivity contribution in [1.82, 2.24) is 15.5 Å². The Bertz CT molecular complexity index is 813. The average Bonchev–Trinajstić information content (AvgIpc) is 3.60. The van der Waals surface area contributed by atoms with Gasteiger partial charge >= 0.3 is 6.03 Å². The Labute approximate surface area is 165 Å². The molecule has 4 rings (SSSR count). The zero-order valence-corrected chi connectivity index (χ0v) is 16.7. The Hall–Kier alpha value is -1.90. The van der Waals surface area contributed by atoms with E-state index in [2.05, 4.69) is 35.5 Å². The number of nitrogens with zero attached hydrogens (tertiary/aromatic N) is 1. The van der Waals surface area contributed by atoms with Crippen molar-refractivity contribution in [3.05, 3.63) is 28.3 Å². The van der Waals surface area contributed by atoms with Crippen LogP contribution in [0.25, 0.3) is 0 Å². The number of rotatable bonds is 3. The van der Waals surface area contributed by atoms with E-state index in [9.17, 15) is 4.79 Å². The minimum atomic E-state index is -0.406. The lowest BCUT2D eigenvalue weighted by Gasteiger charge is -2.28. The summed E-state index contributed by atoms with van der Waals surface area (Å²) in [6.45, 7) is 5.39. The summed E-state index contributed by atoms with van der Waals surface area (Å²) in [6, 6.07) is 3.91. The summed E-state index contributed by atoms with van der Waals surface area (Å²) >= 11 is 6.47. The van der Waals surface area contributed by atoms with Gasteiger partial charge in [-0.3, -0.25) is 0 Å². The van der Waals surface area contributed by atoms with Gasteiger partial charge in [-0.1, -0.05) is 30.4 Å². The average molecular weight is 388 g/mol. The smallest absolute Gasteiger partial charge is 0.318 e. The molecule has 1 heterocycles. The first-order valence-corrected chi connectivity index (χ1v) is 10.0. The Kier molecular flexibility index (Phi) is 4.73. The first-order valence-electron chi connectivity index (χ1n) is 9.64. The van der Waals surface area contributed by atoms with E-state index in [-0.39, 0.29) is 11.4 Å². The predicted octanol–water partition coefficient (Wildman–Crippen LogP) is 2.90. The fourth-order valence-corrected chi connectivity index (χ4v) is 3.87. The number of piperazine rings is 1. The number of carbonyl (C=O) groups excluding carboxylic acids is 1. The molecule has 6 heteroatoms. The van der Waals surface area contributed by atoms with Gasteiger partial charge in [0, 0.05) is 37.3 Å². The van der Waals surface area contributed by atoms with Crippen molar-refractivity contribution in [2.45, 2.75) is 43.6 Å². The molecule has 27 heavy (non-hydrogen) atoms. The van der Waals surface area contributed by atoms with Gasteiger partial charge < -0.3 is 20.3 Å². The second-order valence-electron chi connectivity index (χ2n) is 8.09. The topological polar surface area (TPSA) is 53.6 Å². The molecule has 144 valence electrons. The molecule has 2 N–H and O–H groups in total. The van der Waals surface area contributed by atoms with Crippen molar-refractivity contribution in [3.8, 4) is 17.6 Å². The molecular formula is C21H26ClN3O2. The number of amides is 2. The highest BCUT2D eigenvalue weighted by atomic mass is 35.5. The van der Waals surface area contributed by atoms with Crippen molar-refractivity contribution in [1.29, 1.82) is 0 Å². The summed E-state index contributed by atoms with van der Waals surface area (Å²) in [7, 11) is 1.63. The van der Waals surface area contributed by atoms with Gasteiger partial charge in [0.25, 0.3) is 0 Å². The molecule has 3 aliphatic rings. The molecule has 1 aromatic carbocycles. The lowest BCUT2D eigenvalue weighted by molar-refractivity contribution is 0.187. The highest BCUT2D eigenvalue weighted by Gasteiger charge is 2.44. The number of benzene rings is 1. The van der Waals surface area contributed by atoms with Gasteiger partial charge in [0.2, 0.25) is 0 Å². The fourth-order valence-electron chi connectivity index (χ4n) is 3.49. The van der Waals surface area contributed by atoms with Crippen molar-refractivity contribution in [2.75, 3.05) is 33.3 Å². The number of urea groups is 1. The molecule has 2 saturated carbocycles. The third-order valence-corrected chi connectivity index (χ3v) is 6.19. The molecule has 2 aliphatic carbocycles. The molecule has 0 atom stereocenters. The molecule has 3 fully saturated rings. The molecule has 1 aliphatic heterocycles. The van der Waals surface area contributed by atoms with Gasteiger partial charge in [0.15, 0.2) is 0 Å². The standard InChI is InChI=1S/C21H26ClN3O2/c1-20(5-6-20)16-13-15(18(27-2)14-17(16)22)3-4-21(7-8-21)24-19(26)25-11-9-23-10-12-25/h13-14,23H,5-12H2,1-2H3,(H,24,26). The minimum absolute atomic E-state index is 0.0162. The van der Waals surface area contributed by atoms with Crippen LogP contribution in [0, 0.1) is 11.8 Å². The van der Waals surface area contributed by atoms with Gasteiger partial charge in [-0.15, -0.1) is 0 Å². The number of hydrogen-bond acceptors (Lipinski definition) is 3. The van der Waals surface area contributed by atoms with E-state index in [1.807, 2.05) is 11.0 Å². The summed E-state index contributed by atoms with van der Waals surface area (Å²) in [5.41, 5.74) is 1.74. The van der Waals surface area contributed by atoms with Crippen LogP contribution in [-0.4, -0.2) is 49.8 Å². The Morgan fingerprint density at radius 1 is 1.26 bits per heavy atom. The number of halogens is 1. The van der Waals surface area contributed by atoms with E-state index >= 15 is 0 Å². The summed E-state index contributed by atoms with van der Waals surface area (Å²) in [6.07, 6.45) is 4.07. The first kappa shape index (κ1) is 18.5. The molecule has 0 radical (unpaired) electrons. The van der Waals surface area contributed by atoms with Crippen LogP contribution in [0.5, 0.6) is 5.75 Å². The van der Waals surface area contributed by atoms with E-state index in [0.29, 0.717) is 5.75 Å². The molecule has 5 nitrogen and oxygen atoms in total. The number of carbonyl (C=O) groups is 1. The second kappa shape index (κ2) is 6.92. The lowest BCUT2D eigenvalue weighted by atomic mass is 9.96. The maximum Gasteiger partial charge on any atom is 0.318 e. The van der Waals surface area contributed by atoms with Crippen LogP contribution in [-0.2, 0) is 5.41 Å². The zero-order chi connectivity index (χ0) is 19.1. The van der Waals surface area contributed by atoms with Gasteiger partial charge in [0.05, 0.1) is 12.7 Å². The number of nitrogens with one attached hydrogen (secondary N) is 2. The van der Waals surface area contributed by atoms with E-state index in [1.165, 1.54) is 0 Å². The quantitative estimate of drug-likeness (QED) is 0.784. The van der Waals surface area contributed by atoms with Gasteiger partial charge in [-0.2, -0.15) is 0 Å². The molecule has 0 unspecified atom stereocenters. The summed E-state index contributed by atoms with van der Waals surface area (Å²) in [5.74, 6) is 7.25. The first-order chi connectivity index (χ1) is 12.9. The fraction of sp³-hybridized carbons (Fsp3) is 0.571. The van der Waals surface area contributed by atoms with E-state index in [1.54, 1.807) is 7.11 Å². The summed E-state index contributed by atoms with van der Waals surface area (Å²) < 4.78 is 5.49. The van der Waals surface area contributed by atoms with Gasteiger partial charge in [0.1, 0.15) is 11.3 Å². The lowest BCUT2D eigenvalue weighted by Crippen LogP contribution is -2.52. The van der Waals surface area contributed by atoms with Crippen molar-refractivity contribution in [2.24, 2.45) is 0 Å². The third kappa shape index (κ3) is 3.88. The van der Waals surface area contributed by atoms with Crippen LogP contribution in [0.3, 0.4) is 0 Å². The summed E-state index contributed by atoms with van der Waals surface area (Å²) in [4.78, 5) is 14.4. The molecule has 1 aromatic rings. The van der Waals surface area contributed by atoms with Crippen molar-refractivity contribution in [3.63, 3.8) is 0 Å². The van der Waals surface area contributed by atoms with E-state index < -0.39 is 5.54 Å². The van der Waals surface area contributed by atoms with Crippen LogP contribution in [0.4, 0.5) is 4.79 Å². The summed E-state index contributed by atoms with van der Waals surface area (Å²) in [5, 5.41) is 7.13. The predicted molar refractivity (Wildman–Crippen MR) is 106 cm³/mol. The zero-order valence-electron chi connectivity index (χ0n) is 16.0. The SMILES string of the molecule is COc1cc(Cl)c(C2(C)CC2)cc1C#CC1(NC(=O)N2CCNCC2)CC1. The van der Waals surface area contributed by atoms with Crippen molar-refractivity contribution >= 4 is 17.6 Å². The van der Waals surface area contributed by atoms with Gasteiger partial charge in [-0.05, 0) is 42.7 Å². The highest BCUT2D eigenvalue weighted by molar-refractivity contribution is 6.31. The highest BCUT2D eigenvalue weighted by Crippen LogP contribution is 2.51. The molecular weight excluding hydrogens is 362 g/mol. The molecule has 0 aromatic heterocycles. The van der Waals surface area contributed by atoms with Crippen LogP contribution in [0.1, 0.15) is 43.7 Å². The minimum Gasteiger partial charge on any atom is -0.495 e. The van der Waals surface area contributed by atoms with Crippen LogP contribution in [0.2, 0.25) is 5.02 Å².